The fraction of sp³-hybridized carbons (Fsp3) is 0.286. The van der Waals surface area contributed by atoms with E-state index in [-0.39, 0.29) is 6.03 Å². The van der Waals surface area contributed by atoms with Gasteiger partial charge in [0.2, 0.25) is 0 Å². The van der Waals surface area contributed by atoms with Gasteiger partial charge in [0.05, 0.1) is 6.20 Å². The van der Waals surface area contributed by atoms with Gasteiger partial charge < -0.3 is 10.6 Å². The number of rotatable bonds is 4. The normalized spacial score (nSPS) is 10.2. The maximum Gasteiger partial charge on any atom is 0.315 e. The Labute approximate surface area is 112 Å². The number of nitrogens with one attached hydrogen (secondary N) is 2. The average Bonchev–Trinajstić information content (AvgIpc) is 2.81. The average molecular weight is 258 g/mol. The molecule has 2 aromatic rings. The zero-order valence-corrected chi connectivity index (χ0v) is 11.2. The zero-order chi connectivity index (χ0) is 13.7. The summed E-state index contributed by atoms with van der Waals surface area (Å²) < 4.78 is 1.71. The summed E-state index contributed by atoms with van der Waals surface area (Å²) >= 11 is 0. The summed E-state index contributed by atoms with van der Waals surface area (Å²) in [6.45, 7) is 3.05. The van der Waals surface area contributed by atoms with Gasteiger partial charge in [-0.1, -0.05) is 29.8 Å². The third-order valence-corrected chi connectivity index (χ3v) is 2.79. The molecule has 0 saturated heterocycles. The minimum absolute atomic E-state index is 0.176. The van der Waals surface area contributed by atoms with Crippen molar-refractivity contribution < 1.29 is 4.79 Å². The van der Waals surface area contributed by atoms with Gasteiger partial charge in [0, 0.05) is 31.9 Å². The van der Waals surface area contributed by atoms with Crippen LogP contribution in [0, 0.1) is 6.92 Å². The van der Waals surface area contributed by atoms with Gasteiger partial charge in [-0.2, -0.15) is 5.10 Å². The van der Waals surface area contributed by atoms with Crippen LogP contribution < -0.4 is 10.6 Å². The molecule has 1 aromatic carbocycles. The quantitative estimate of drug-likeness (QED) is 0.877. The number of aryl methyl sites for hydroxylation is 2. The highest BCUT2D eigenvalue weighted by atomic mass is 16.2. The highest BCUT2D eigenvalue weighted by Gasteiger charge is 2.01. The Balaban J connectivity index is 1.74. The first-order chi connectivity index (χ1) is 9.13. The van der Waals surface area contributed by atoms with E-state index in [0.717, 1.165) is 11.1 Å². The zero-order valence-electron chi connectivity index (χ0n) is 11.2. The Hall–Kier alpha value is -2.30. The first-order valence-electron chi connectivity index (χ1n) is 6.18. The van der Waals surface area contributed by atoms with Gasteiger partial charge in [-0.3, -0.25) is 4.68 Å². The van der Waals surface area contributed by atoms with Crippen LogP contribution >= 0.6 is 0 Å². The van der Waals surface area contributed by atoms with E-state index in [4.69, 9.17) is 0 Å². The van der Waals surface area contributed by atoms with Crippen molar-refractivity contribution in [2.45, 2.75) is 20.0 Å². The number of hydrogen-bond acceptors (Lipinski definition) is 2. The molecular formula is C14H18N4O. The number of benzene rings is 1. The van der Waals surface area contributed by atoms with Gasteiger partial charge in [0.1, 0.15) is 0 Å². The van der Waals surface area contributed by atoms with E-state index in [1.54, 1.807) is 10.9 Å². The van der Waals surface area contributed by atoms with Crippen molar-refractivity contribution in [2.75, 3.05) is 0 Å². The molecule has 100 valence electrons. The van der Waals surface area contributed by atoms with Crippen molar-refractivity contribution in [3.05, 3.63) is 53.3 Å². The molecule has 0 fully saturated rings. The van der Waals surface area contributed by atoms with Gasteiger partial charge in [-0.15, -0.1) is 0 Å². The molecule has 5 nitrogen and oxygen atoms in total. The van der Waals surface area contributed by atoms with Crippen molar-refractivity contribution in [2.24, 2.45) is 7.05 Å². The Kier molecular flexibility index (Phi) is 4.18. The number of carbonyl (C=O) groups excluding carboxylic acids is 1. The minimum Gasteiger partial charge on any atom is -0.334 e. The van der Waals surface area contributed by atoms with Gasteiger partial charge in [0.15, 0.2) is 0 Å². The lowest BCUT2D eigenvalue weighted by Gasteiger charge is -2.07. The minimum atomic E-state index is -0.176. The number of aromatic nitrogens is 2. The summed E-state index contributed by atoms with van der Waals surface area (Å²) in [7, 11) is 1.85. The van der Waals surface area contributed by atoms with Crippen LogP contribution in [0.25, 0.3) is 0 Å². The second-order valence-electron chi connectivity index (χ2n) is 4.54. The van der Waals surface area contributed by atoms with Gasteiger partial charge in [-0.25, -0.2) is 4.79 Å². The van der Waals surface area contributed by atoms with Gasteiger partial charge in [-0.05, 0) is 12.5 Å². The Morgan fingerprint density at radius 1 is 1.16 bits per heavy atom. The first-order valence-corrected chi connectivity index (χ1v) is 6.18. The van der Waals surface area contributed by atoms with E-state index in [0.29, 0.717) is 13.1 Å². The predicted molar refractivity (Wildman–Crippen MR) is 73.5 cm³/mol. The molecule has 0 spiro atoms. The second-order valence-corrected chi connectivity index (χ2v) is 4.54. The predicted octanol–water partition coefficient (Wildman–Crippen LogP) is 1.73. The van der Waals surface area contributed by atoms with Crippen LogP contribution in [-0.4, -0.2) is 15.8 Å². The molecule has 2 amide bonds. The van der Waals surface area contributed by atoms with E-state index in [1.807, 2.05) is 44.4 Å². The molecule has 0 bridgehead atoms. The molecule has 2 rings (SSSR count). The molecule has 0 atom stereocenters. The Bertz CT molecular complexity index is 545. The van der Waals surface area contributed by atoms with E-state index < -0.39 is 0 Å². The summed E-state index contributed by atoms with van der Waals surface area (Å²) in [6.07, 6.45) is 3.61. The lowest BCUT2D eigenvalue weighted by Crippen LogP contribution is -2.34. The molecule has 2 N–H and O–H groups in total. The van der Waals surface area contributed by atoms with Crippen LogP contribution in [-0.2, 0) is 20.1 Å². The van der Waals surface area contributed by atoms with Crippen molar-refractivity contribution in [1.82, 2.24) is 20.4 Å². The second kappa shape index (κ2) is 6.04. The molecule has 0 aliphatic rings. The fourth-order valence-electron chi connectivity index (χ4n) is 1.70. The van der Waals surface area contributed by atoms with Gasteiger partial charge >= 0.3 is 6.03 Å². The van der Waals surface area contributed by atoms with E-state index >= 15 is 0 Å². The van der Waals surface area contributed by atoms with Crippen LogP contribution in [0.4, 0.5) is 4.79 Å². The molecule has 0 saturated carbocycles. The van der Waals surface area contributed by atoms with Crippen LogP contribution in [0.1, 0.15) is 16.7 Å². The van der Waals surface area contributed by atoms with E-state index in [1.165, 1.54) is 5.56 Å². The molecule has 0 radical (unpaired) electrons. The Morgan fingerprint density at radius 3 is 2.37 bits per heavy atom. The first kappa shape index (κ1) is 13.1. The molecule has 1 aromatic heterocycles. The van der Waals surface area contributed by atoms with Crippen molar-refractivity contribution in [3.8, 4) is 0 Å². The molecule has 0 aliphatic carbocycles. The van der Waals surface area contributed by atoms with Crippen molar-refractivity contribution in [3.63, 3.8) is 0 Å². The summed E-state index contributed by atoms with van der Waals surface area (Å²) in [6, 6.07) is 7.91. The van der Waals surface area contributed by atoms with Crippen LogP contribution in [0.15, 0.2) is 36.7 Å². The number of hydrogen-bond donors (Lipinski definition) is 2. The standard InChI is InChI=1S/C14H18N4O/c1-11-3-5-12(6-4-11)7-15-14(19)16-8-13-9-17-18(2)10-13/h3-6,9-10H,7-8H2,1-2H3,(H2,15,16,19). The van der Waals surface area contributed by atoms with Gasteiger partial charge in [0.25, 0.3) is 0 Å². The number of nitrogens with zero attached hydrogens (tertiary/aromatic N) is 2. The van der Waals surface area contributed by atoms with Crippen LogP contribution in [0.3, 0.4) is 0 Å². The molecule has 1 heterocycles. The molecule has 19 heavy (non-hydrogen) atoms. The third kappa shape index (κ3) is 4.13. The number of amides is 2. The maximum atomic E-state index is 11.6. The summed E-state index contributed by atoms with van der Waals surface area (Å²) in [5, 5.41) is 9.65. The molecular weight excluding hydrogens is 240 g/mol. The highest BCUT2D eigenvalue weighted by molar-refractivity contribution is 5.73. The molecule has 0 aliphatic heterocycles. The highest BCUT2D eigenvalue weighted by Crippen LogP contribution is 2.02. The lowest BCUT2D eigenvalue weighted by molar-refractivity contribution is 0.240. The lowest BCUT2D eigenvalue weighted by atomic mass is 10.1. The smallest absolute Gasteiger partial charge is 0.315 e. The number of carbonyl (C=O) groups is 1. The fourth-order valence-corrected chi connectivity index (χ4v) is 1.70. The van der Waals surface area contributed by atoms with E-state index in [9.17, 15) is 4.79 Å². The topological polar surface area (TPSA) is 59.0 Å². The largest absolute Gasteiger partial charge is 0.334 e. The van der Waals surface area contributed by atoms with Crippen LogP contribution in [0.5, 0.6) is 0 Å². The third-order valence-electron chi connectivity index (χ3n) is 2.79. The molecule has 5 heteroatoms. The summed E-state index contributed by atoms with van der Waals surface area (Å²) in [4.78, 5) is 11.6. The van der Waals surface area contributed by atoms with E-state index in [2.05, 4.69) is 15.7 Å². The maximum absolute atomic E-state index is 11.6. The van der Waals surface area contributed by atoms with Crippen molar-refractivity contribution >= 4 is 6.03 Å². The Morgan fingerprint density at radius 2 is 1.79 bits per heavy atom. The molecule has 0 unspecified atom stereocenters. The number of urea groups is 1. The summed E-state index contributed by atoms with van der Waals surface area (Å²) in [5.74, 6) is 0. The SMILES string of the molecule is Cc1ccc(CNC(=O)NCc2cnn(C)c2)cc1. The van der Waals surface area contributed by atoms with Crippen LogP contribution in [0.2, 0.25) is 0 Å². The monoisotopic (exact) mass is 258 g/mol. The summed E-state index contributed by atoms with van der Waals surface area (Å²) in [5.41, 5.74) is 3.28. The van der Waals surface area contributed by atoms with Crippen molar-refractivity contribution in [1.29, 1.82) is 0 Å².